The van der Waals surface area contributed by atoms with E-state index in [2.05, 4.69) is 58.3 Å². The van der Waals surface area contributed by atoms with Crippen LogP contribution in [0.25, 0.3) is 0 Å². The number of rotatable bonds is 6. The molecule has 0 aromatic heterocycles. The summed E-state index contributed by atoms with van der Waals surface area (Å²) in [6, 6.07) is 17.4. The quantitative estimate of drug-likeness (QED) is 0.671. The number of aliphatic hydroxyl groups excluding tert-OH is 1. The molecule has 2 aromatic carbocycles. The van der Waals surface area contributed by atoms with Crippen LogP contribution in [0, 0.1) is 0 Å². The van der Waals surface area contributed by atoms with E-state index in [-0.39, 0.29) is 18.5 Å². The summed E-state index contributed by atoms with van der Waals surface area (Å²) < 4.78 is 5.54. The van der Waals surface area contributed by atoms with Crippen LogP contribution in [0.4, 0.5) is 11.4 Å². The van der Waals surface area contributed by atoms with Crippen molar-refractivity contribution in [3.63, 3.8) is 0 Å². The summed E-state index contributed by atoms with van der Waals surface area (Å²) in [6.07, 6.45) is 2.71. The second-order valence-electron chi connectivity index (χ2n) is 7.32. The van der Waals surface area contributed by atoms with E-state index in [4.69, 9.17) is 4.74 Å². The third-order valence-corrected chi connectivity index (χ3v) is 6.44. The number of likely N-dealkylation sites (tertiary alicyclic amines) is 1. The zero-order valence-corrected chi connectivity index (χ0v) is 17.9. The summed E-state index contributed by atoms with van der Waals surface area (Å²) in [5, 5.41) is 9.37. The van der Waals surface area contributed by atoms with Crippen LogP contribution in [0.3, 0.4) is 0 Å². The van der Waals surface area contributed by atoms with E-state index in [9.17, 15) is 5.11 Å². The second-order valence-corrected chi connectivity index (χ2v) is 8.40. The number of benzene rings is 2. The molecule has 0 saturated carbocycles. The number of hydrogen-bond donors (Lipinski definition) is 1. The van der Waals surface area contributed by atoms with Crippen molar-refractivity contribution in [1.29, 1.82) is 0 Å². The van der Waals surface area contributed by atoms with Crippen LogP contribution < -0.4 is 4.90 Å². The lowest BCUT2D eigenvalue weighted by atomic mass is 10.1. The molecule has 1 N–H and O–H groups in total. The number of anilines is 2. The monoisotopic (exact) mass is 420 g/mol. The predicted octanol–water partition coefficient (Wildman–Crippen LogP) is 4.92. The van der Waals surface area contributed by atoms with E-state index in [1.165, 1.54) is 21.2 Å². The van der Waals surface area contributed by atoms with Crippen molar-refractivity contribution in [3.05, 3.63) is 48.5 Å². The molecule has 1 fully saturated rings. The van der Waals surface area contributed by atoms with Crippen molar-refractivity contribution in [2.45, 2.75) is 48.4 Å². The lowest BCUT2D eigenvalue weighted by molar-refractivity contribution is -0.136. The van der Waals surface area contributed by atoms with Gasteiger partial charge in [0.1, 0.15) is 0 Å². The van der Waals surface area contributed by atoms with E-state index in [1.807, 2.05) is 11.8 Å². The Kier molecular flexibility index (Phi) is 7.66. The van der Waals surface area contributed by atoms with Crippen LogP contribution in [0.5, 0.6) is 0 Å². The Morgan fingerprint density at radius 3 is 2.14 bits per heavy atom. The number of aliphatic hydroxyl groups is 1. The van der Waals surface area contributed by atoms with Crippen LogP contribution in [0.2, 0.25) is 0 Å². The molecule has 2 heterocycles. The average molecular weight is 421 g/mol. The standard InChI is InChI=1S/C22H28N2O2S.ClH/c1-17(25)26-18-11-15-23(16-12-18)13-6-14-24-19-7-2-4-9-21(19)27-22-10-5-3-8-20(22)24;/h2-5,7-10,17-18,25H,6,11-16H2,1H3;1H. The molecule has 4 nitrogen and oxygen atoms in total. The molecule has 2 aliphatic rings. The molecule has 0 bridgehead atoms. The molecular weight excluding hydrogens is 392 g/mol. The number of piperidine rings is 1. The fourth-order valence-electron chi connectivity index (χ4n) is 4.02. The summed E-state index contributed by atoms with van der Waals surface area (Å²) in [5.74, 6) is 0. The summed E-state index contributed by atoms with van der Waals surface area (Å²) in [6.45, 7) is 5.94. The van der Waals surface area contributed by atoms with Gasteiger partial charge in [-0.3, -0.25) is 0 Å². The van der Waals surface area contributed by atoms with Crippen LogP contribution >= 0.6 is 24.2 Å². The Morgan fingerprint density at radius 2 is 1.57 bits per heavy atom. The van der Waals surface area contributed by atoms with Crippen LogP contribution in [-0.4, -0.2) is 48.6 Å². The lowest BCUT2D eigenvalue weighted by Crippen LogP contribution is -2.39. The Labute approximate surface area is 178 Å². The molecule has 0 radical (unpaired) electrons. The van der Waals surface area contributed by atoms with Crippen LogP contribution in [0.1, 0.15) is 26.2 Å². The minimum Gasteiger partial charge on any atom is -0.368 e. The number of ether oxygens (including phenoxy) is 1. The van der Waals surface area contributed by atoms with Crippen LogP contribution in [0.15, 0.2) is 58.3 Å². The van der Waals surface area contributed by atoms with Gasteiger partial charge in [0.15, 0.2) is 6.29 Å². The normalized spacial score (nSPS) is 18.1. The third-order valence-electron chi connectivity index (χ3n) is 5.31. The lowest BCUT2D eigenvalue weighted by Gasteiger charge is -2.35. The largest absolute Gasteiger partial charge is 0.368 e. The number of hydrogen-bond acceptors (Lipinski definition) is 5. The number of fused-ring (bicyclic) bond motifs is 2. The van der Waals surface area contributed by atoms with Gasteiger partial charge >= 0.3 is 0 Å². The molecule has 2 aliphatic heterocycles. The van der Waals surface area contributed by atoms with Gasteiger partial charge in [-0.25, -0.2) is 0 Å². The van der Waals surface area contributed by atoms with Gasteiger partial charge in [0, 0.05) is 29.4 Å². The van der Waals surface area contributed by atoms with Gasteiger partial charge in [-0.1, -0.05) is 36.0 Å². The van der Waals surface area contributed by atoms with E-state index in [0.717, 1.165) is 45.4 Å². The van der Waals surface area contributed by atoms with Crippen molar-refractivity contribution in [3.8, 4) is 0 Å². The summed E-state index contributed by atoms with van der Waals surface area (Å²) in [5.41, 5.74) is 2.65. The topological polar surface area (TPSA) is 35.9 Å². The zero-order chi connectivity index (χ0) is 18.6. The van der Waals surface area contributed by atoms with Gasteiger partial charge in [0.2, 0.25) is 0 Å². The Bertz CT molecular complexity index is 720. The molecular formula is C22H29ClN2O2S. The highest BCUT2D eigenvalue weighted by atomic mass is 35.5. The molecule has 1 unspecified atom stereocenters. The predicted molar refractivity (Wildman–Crippen MR) is 118 cm³/mol. The number of halogens is 1. The highest BCUT2D eigenvalue weighted by molar-refractivity contribution is 7.99. The highest BCUT2D eigenvalue weighted by Gasteiger charge is 2.24. The van der Waals surface area contributed by atoms with Crippen molar-refractivity contribution in [1.82, 2.24) is 4.90 Å². The molecule has 28 heavy (non-hydrogen) atoms. The molecule has 2 aromatic rings. The SMILES string of the molecule is CC(O)OC1CCN(CCCN2c3ccccc3Sc3ccccc32)CC1.Cl. The van der Waals surface area contributed by atoms with Crippen molar-refractivity contribution in [2.24, 2.45) is 0 Å². The minimum atomic E-state index is -0.654. The molecule has 1 atom stereocenters. The molecule has 0 aliphatic carbocycles. The molecule has 0 amide bonds. The summed E-state index contributed by atoms with van der Waals surface area (Å²) in [4.78, 5) is 7.68. The second kappa shape index (κ2) is 9.99. The van der Waals surface area contributed by atoms with Gasteiger partial charge < -0.3 is 19.6 Å². The van der Waals surface area contributed by atoms with Crippen molar-refractivity contribution < 1.29 is 9.84 Å². The maximum Gasteiger partial charge on any atom is 0.152 e. The Morgan fingerprint density at radius 1 is 1.00 bits per heavy atom. The Hall–Kier alpha value is -1.24. The highest BCUT2D eigenvalue weighted by Crippen LogP contribution is 2.47. The summed E-state index contributed by atoms with van der Waals surface area (Å²) in [7, 11) is 0. The molecule has 1 saturated heterocycles. The first-order chi connectivity index (χ1) is 13.2. The van der Waals surface area contributed by atoms with Gasteiger partial charge in [-0.2, -0.15) is 0 Å². The molecule has 4 rings (SSSR count). The molecule has 0 spiro atoms. The molecule has 6 heteroatoms. The number of para-hydroxylation sites is 2. The maximum absolute atomic E-state index is 9.37. The van der Waals surface area contributed by atoms with Gasteiger partial charge in [0.25, 0.3) is 0 Å². The fraction of sp³-hybridized carbons (Fsp3) is 0.455. The fourth-order valence-corrected chi connectivity index (χ4v) is 5.12. The summed E-state index contributed by atoms with van der Waals surface area (Å²) >= 11 is 1.87. The van der Waals surface area contributed by atoms with Crippen LogP contribution in [-0.2, 0) is 4.74 Å². The van der Waals surface area contributed by atoms with E-state index >= 15 is 0 Å². The minimum absolute atomic E-state index is 0. The van der Waals surface area contributed by atoms with Crippen molar-refractivity contribution >= 4 is 35.5 Å². The van der Waals surface area contributed by atoms with E-state index in [1.54, 1.807) is 6.92 Å². The third kappa shape index (κ3) is 5.02. The first-order valence-corrected chi connectivity index (χ1v) is 10.7. The van der Waals surface area contributed by atoms with Crippen molar-refractivity contribution in [2.75, 3.05) is 31.1 Å². The zero-order valence-electron chi connectivity index (χ0n) is 16.3. The average Bonchev–Trinajstić information content (AvgIpc) is 2.68. The smallest absolute Gasteiger partial charge is 0.152 e. The van der Waals surface area contributed by atoms with Gasteiger partial charge in [0.05, 0.1) is 17.5 Å². The van der Waals surface area contributed by atoms with Gasteiger partial charge in [-0.05, 0) is 57.0 Å². The Balaban J connectivity index is 0.00000225. The molecule has 152 valence electrons. The maximum atomic E-state index is 9.37. The first kappa shape index (κ1) is 21.5. The number of nitrogens with zero attached hydrogens (tertiary/aromatic N) is 2. The van der Waals surface area contributed by atoms with E-state index in [0.29, 0.717) is 0 Å². The van der Waals surface area contributed by atoms with E-state index < -0.39 is 6.29 Å². The first-order valence-electron chi connectivity index (χ1n) is 9.90. The van der Waals surface area contributed by atoms with Gasteiger partial charge in [-0.15, -0.1) is 12.4 Å².